The molecule has 1 saturated heterocycles. The summed E-state index contributed by atoms with van der Waals surface area (Å²) in [5, 5.41) is 0. The Labute approximate surface area is 59.1 Å². The fourth-order valence-electron chi connectivity index (χ4n) is 0.772. The molecule has 58 valence electrons. The molecule has 0 radical (unpaired) electrons. The van der Waals surface area contributed by atoms with Crippen molar-refractivity contribution in [3.8, 4) is 0 Å². The Morgan fingerprint density at radius 3 is 3.20 bits per heavy atom. The van der Waals surface area contributed by atoms with E-state index in [1.807, 2.05) is 0 Å². The molecule has 0 saturated carbocycles. The zero-order valence-electron chi connectivity index (χ0n) is 5.83. The third kappa shape index (κ3) is 1.88. The van der Waals surface area contributed by atoms with E-state index in [4.69, 9.17) is 4.74 Å². The minimum atomic E-state index is -0.635. The summed E-state index contributed by atoms with van der Waals surface area (Å²) in [6.07, 6.45) is 0.450. The van der Waals surface area contributed by atoms with Gasteiger partial charge in [0.25, 0.3) is 0 Å². The van der Waals surface area contributed by atoms with Gasteiger partial charge in [-0.05, 0) is 6.42 Å². The van der Waals surface area contributed by atoms with Crippen molar-refractivity contribution < 1.29 is 19.0 Å². The summed E-state index contributed by atoms with van der Waals surface area (Å²) in [5.74, 6) is 0. The summed E-state index contributed by atoms with van der Waals surface area (Å²) in [7, 11) is 1.50. The highest BCUT2D eigenvalue weighted by Gasteiger charge is 2.17. The van der Waals surface area contributed by atoms with Gasteiger partial charge in [-0.3, -0.25) is 0 Å². The van der Waals surface area contributed by atoms with Crippen molar-refractivity contribution >= 4 is 6.16 Å². The van der Waals surface area contributed by atoms with Crippen LogP contribution in [0.5, 0.6) is 0 Å². The highest BCUT2D eigenvalue weighted by Crippen LogP contribution is 2.09. The van der Waals surface area contributed by atoms with E-state index in [1.165, 1.54) is 7.11 Å². The van der Waals surface area contributed by atoms with Gasteiger partial charge in [-0.15, -0.1) is 0 Å². The first kappa shape index (κ1) is 7.34. The van der Waals surface area contributed by atoms with Crippen LogP contribution in [-0.2, 0) is 14.2 Å². The molecule has 0 spiro atoms. The summed E-state index contributed by atoms with van der Waals surface area (Å²) in [5.41, 5.74) is 0. The molecule has 0 aromatic carbocycles. The van der Waals surface area contributed by atoms with Crippen LogP contribution < -0.4 is 0 Å². The lowest BCUT2D eigenvalue weighted by Crippen LogP contribution is -2.16. The van der Waals surface area contributed by atoms with Crippen LogP contribution in [0.2, 0.25) is 0 Å². The van der Waals surface area contributed by atoms with Gasteiger partial charge in [0, 0.05) is 13.5 Å². The van der Waals surface area contributed by atoms with Crippen LogP contribution in [0.15, 0.2) is 0 Å². The molecule has 0 bridgehead atoms. The molecule has 4 nitrogen and oxygen atoms in total. The lowest BCUT2D eigenvalue weighted by molar-refractivity contribution is -0.0927. The molecule has 1 atom stereocenters. The average molecular weight is 146 g/mol. The second kappa shape index (κ2) is 3.41. The van der Waals surface area contributed by atoms with E-state index in [0.29, 0.717) is 13.0 Å². The third-order valence-electron chi connectivity index (χ3n) is 1.29. The van der Waals surface area contributed by atoms with Crippen molar-refractivity contribution in [2.75, 3.05) is 13.7 Å². The van der Waals surface area contributed by atoms with Gasteiger partial charge in [-0.1, -0.05) is 0 Å². The summed E-state index contributed by atoms with van der Waals surface area (Å²) < 4.78 is 14.1. The van der Waals surface area contributed by atoms with E-state index in [2.05, 4.69) is 9.47 Å². The van der Waals surface area contributed by atoms with E-state index in [0.717, 1.165) is 6.42 Å². The van der Waals surface area contributed by atoms with Crippen molar-refractivity contribution in [3.05, 3.63) is 0 Å². The summed E-state index contributed by atoms with van der Waals surface area (Å²) in [6.45, 7) is 0.429. The van der Waals surface area contributed by atoms with E-state index < -0.39 is 12.4 Å². The Balaban J connectivity index is 2.38. The second-order valence-corrected chi connectivity index (χ2v) is 2.02. The summed E-state index contributed by atoms with van der Waals surface area (Å²) in [6, 6.07) is 0. The number of carbonyl (C=O) groups is 1. The smallest absolute Gasteiger partial charge is 0.434 e. The standard InChI is InChI=1S/C6H10O4/c1-8-5-3-2-4-9-6(7)10-5/h5H,2-4H2,1H3. The minimum Gasteiger partial charge on any atom is -0.434 e. The SMILES string of the molecule is COC1CCCOC(=O)O1. The zero-order chi connectivity index (χ0) is 7.40. The van der Waals surface area contributed by atoms with Crippen molar-refractivity contribution in [1.82, 2.24) is 0 Å². The molecule has 1 heterocycles. The van der Waals surface area contributed by atoms with Crippen molar-refractivity contribution in [2.24, 2.45) is 0 Å². The summed E-state index contributed by atoms with van der Waals surface area (Å²) in [4.78, 5) is 10.5. The first-order valence-corrected chi connectivity index (χ1v) is 3.19. The molecule has 1 aliphatic heterocycles. The maximum Gasteiger partial charge on any atom is 0.510 e. The molecule has 1 unspecified atom stereocenters. The Bertz CT molecular complexity index is 123. The first-order valence-electron chi connectivity index (χ1n) is 3.19. The van der Waals surface area contributed by atoms with Crippen LogP contribution in [0.1, 0.15) is 12.8 Å². The number of cyclic esters (lactones) is 2. The van der Waals surface area contributed by atoms with Crippen LogP contribution in [0.25, 0.3) is 0 Å². The van der Waals surface area contributed by atoms with Crippen molar-refractivity contribution in [3.63, 3.8) is 0 Å². The van der Waals surface area contributed by atoms with Crippen molar-refractivity contribution in [1.29, 1.82) is 0 Å². The van der Waals surface area contributed by atoms with Gasteiger partial charge >= 0.3 is 6.16 Å². The number of carbonyl (C=O) groups excluding carboxylic acids is 1. The Kier molecular flexibility index (Phi) is 2.50. The second-order valence-electron chi connectivity index (χ2n) is 2.02. The van der Waals surface area contributed by atoms with Crippen LogP contribution in [-0.4, -0.2) is 26.2 Å². The number of ether oxygens (including phenoxy) is 3. The fraction of sp³-hybridized carbons (Fsp3) is 0.833. The van der Waals surface area contributed by atoms with Crippen LogP contribution in [0.3, 0.4) is 0 Å². The van der Waals surface area contributed by atoms with Gasteiger partial charge in [0.15, 0.2) is 0 Å². The minimum absolute atomic E-state index is 0.421. The van der Waals surface area contributed by atoms with Gasteiger partial charge in [-0.25, -0.2) is 4.79 Å². The molecular formula is C6H10O4. The number of rotatable bonds is 1. The number of hydrogen-bond acceptors (Lipinski definition) is 4. The Morgan fingerprint density at radius 1 is 1.70 bits per heavy atom. The van der Waals surface area contributed by atoms with E-state index in [-0.39, 0.29) is 0 Å². The molecule has 0 N–H and O–H groups in total. The highest BCUT2D eigenvalue weighted by molar-refractivity contribution is 5.60. The largest absolute Gasteiger partial charge is 0.510 e. The molecule has 1 aliphatic rings. The molecular weight excluding hydrogens is 136 g/mol. The lowest BCUT2D eigenvalue weighted by Gasteiger charge is -2.09. The summed E-state index contributed by atoms with van der Waals surface area (Å²) >= 11 is 0. The first-order chi connectivity index (χ1) is 4.83. The Hall–Kier alpha value is -0.770. The maximum absolute atomic E-state index is 10.5. The lowest BCUT2D eigenvalue weighted by atomic mass is 10.3. The van der Waals surface area contributed by atoms with E-state index in [9.17, 15) is 4.79 Å². The fourth-order valence-corrected chi connectivity index (χ4v) is 0.772. The molecule has 0 aromatic rings. The van der Waals surface area contributed by atoms with Gasteiger partial charge in [0.1, 0.15) is 0 Å². The normalized spacial score (nSPS) is 26.5. The van der Waals surface area contributed by atoms with Gasteiger partial charge in [0.2, 0.25) is 6.29 Å². The Morgan fingerprint density at radius 2 is 2.50 bits per heavy atom. The quantitative estimate of drug-likeness (QED) is 0.516. The zero-order valence-corrected chi connectivity index (χ0v) is 5.83. The number of hydrogen-bond donors (Lipinski definition) is 0. The third-order valence-corrected chi connectivity index (χ3v) is 1.29. The van der Waals surface area contributed by atoms with Gasteiger partial charge in [-0.2, -0.15) is 0 Å². The molecule has 0 aliphatic carbocycles. The maximum atomic E-state index is 10.5. The van der Waals surface area contributed by atoms with Crippen molar-refractivity contribution in [2.45, 2.75) is 19.1 Å². The molecule has 10 heavy (non-hydrogen) atoms. The molecule has 0 amide bonds. The average Bonchev–Trinajstić information content (AvgIpc) is 2.13. The van der Waals surface area contributed by atoms with Gasteiger partial charge < -0.3 is 14.2 Å². The predicted octanol–water partition coefficient (Wildman–Crippen LogP) is 0.906. The monoisotopic (exact) mass is 146 g/mol. The molecule has 4 heteroatoms. The van der Waals surface area contributed by atoms with Gasteiger partial charge in [0.05, 0.1) is 6.61 Å². The van der Waals surface area contributed by atoms with Crippen LogP contribution in [0.4, 0.5) is 4.79 Å². The van der Waals surface area contributed by atoms with E-state index >= 15 is 0 Å². The number of methoxy groups -OCH3 is 1. The predicted molar refractivity (Wildman–Crippen MR) is 32.5 cm³/mol. The highest BCUT2D eigenvalue weighted by atomic mass is 16.8. The molecule has 1 fully saturated rings. The topological polar surface area (TPSA) is 44.8 Å². The molecule has 1 rings (SSSR count). The van der Waals surface area contributed by atoms with Crippen LogP contribution in [0, 0.1) is 0 Å². The molecule has 0 aromatic heterocycles. The van der Waals surface area contributed by atoms with Crippen LogP contribution >= 0.6 is 0 Å². The van der Waals surface area contributed by atoms with E-state index in [1.54, 1.807) is 0 Å².